The van der Waals surface area contributed by atoms with Gasteiger partial charge in [0.05, 0.1) is 6.04 Å². The number of likely N-dealkylation sites (tertiary alicyclic amines) is 1. The summed E-state index contributed by atoms with van der Waals surface area (Å²) in [6.45, 7) is 2.27. The van der Waals surface area contributed by atoms with Gasteiger partial charge in [-0.1, -0.05) is 49.1 Å². The van der Waals surface area contributed by atoms with Crippen molar-refractivity contribution >= 4 is 23.2 Å². The molecule has 1 N–H and O–H groups in total. The second-order valence-corrected chi connectivity index (χ2v) is 9.46. The van der Waals surface area contributed by atoms with Crippen LogP contribution in [0.5, 0.6) is 0 Å². The van der Waals surface area contributed by atoms with Crippen molar-refractivity contribution in [2.75, 3.05) is 6.54 Å². The summed E-state index contributed by atoms with van der Waals surface area (Å²) in [6, 6.07) is 12.4. The molecule has 174 valence electrons. The molecule has 1 aliphatic heterocycles. The van der Waals surface area contributed by atoms with Crippen LogP contribution in [0.25, 0.3) is 0 Å². The van der Waals surface area contributed by atoms with E-state index in [2.05, 4.69) is 18.8 Å². The topological polar surface area (TPSA) is 57.6 Å². The number of benzene rings is 1. The number of halogens is 2. The minimum absolute atomic E-state index is 0.210. The van der Waals surface area contributed by atoms with Gasteiger partial charge in [-0.3, -0.25) is 4.79 Å². The third-order valence-electron chi connectivity index (χ3n) is 5.49. The van der Waals surface area contributed by atoms with Gasteiger partial charge in [-0.25, -0.2) is 4.79 Å². The number of nitrogens with zero attached hydrogens (tertiary/aromatic N) is 1. The van der Waals surface area contributed by atoms with E-state index < -0.39 is 30.3 Å². The summed E-state index contributed by atoms with van der Waals surface area (Å²) in [4.78, 5) is 25.5. The van der Waals surface area contributed by atoms with E-state index in [1.807, 2.05) is 36.4 Å². The number of hydrogen-bond donors (Lipinski definition) is 1. The Morgan fingerprint density at radius 2 is 2.06 bits per heavy atom. The lowest BCUT2D eigenvalue weighted by Crippen LogP contribution is -2.36. The maximum atomic E-state index is 14.1. The van der Waals surface area contributed by atoms with Gasteiger partial charge in [0.15, 0.2) is 0 Å². The molecule has 33 heavy (non-hydrogen) atoms. The van der Waals surface area contributed by atoms with Gasteiger partial charge in [0.25, 0.3) is 5.91 Å². The number of carbonyl (C=O) groups is 2. The van der Waals surface area contributed by atoms with Crippen LogP contribution in [-0.2, 0) is 11.2 Å². The highest BCUT2D eigenvalue weighted by Gasteiger charge is 2.52. The lowest BCUT2D eigenvalue weighted by Gasteiger charge is -2.21. The fourth-order valence-corrected chi connectivity index (χ4v) is 4.60. The lowest BCUT2D eigenvalue weighted by atomic mass is 10.0. The number of hydrogen-bond acceptors (Lipinski definition) is 3. The minimum atomic E-state index is -3.35. The number of amides is 1. The average Bonchev–Trinajstić information content (AvgIpc) is 3.33. The van der Waals surface area contributed by atoms with Crippen molar-refractivity contribution in [1.29, 1.82) is 0 Å². The summed E-state index contributed by atoms with van der Waals surface area (Å²) in [7, 11) is 0. The number of allylic oxidation sites excluding steroid dienone is 1. The Hall–Kier alpha value is -2.98. The molecular weight excluding hydrogens is 444 g/mol. The highest BCUT2D eigenvalue weighted by atomic mass is 32.1. The van der Waals surface area contributed by atoms with Crippen LogP contribution in [0.4, 0.5) is 8.78 Å². The molecular formula is C26H27F2NO3S. The number of carboxylic acid groups (broad SMARTS) is 1. The quantitative estimate of drug-likeness (QED) is 0.380. The fraction of sp³-hybridized carbons (Fsp3) is 0.385. The van der Waals surface area contributed by atoms with Crippen LogP contribution >= 0.6 is 11.3 Å². The minimum Gasteiger partial charge on any atom is -0.477 e. The first kappa shape index (κ1) is 24.7. The van der Waals surface area contributed by atoms with E-state index in [9.17, 15) is 18.4 Å². The molecule has 2 heterocycles. The molecule has 1 amide bonds. The Morgan fingerprint density at radius 3 is 2.76 bits per heavy atom. The molecule has 7 heteroatoms. The Morgan fingerprint density at radius 1 is 1.30 bits per heavy atom. The van der Waals surface area contributed by atoms with Gasteiger partial charge in [-0.05, 0) is 49.4 Å². The van der Waals surface area contributed by atoms with Crippen LogP contribution in [-0.4, -0.2) is 40.4 Å². The van der Waals surface area contributed by atoms with E-state index in [0.29, 0.717) is 25.7 Å². The van der Waals surface area contributed by atoms with Crippen LogP contribution in [0.3, 0.4) is 0 Å². The SMILES string of the molecule is CC(CC#Cc1ccccc1)C/C=C/C1CC(F)(F)C(=O)N1CCCc1ccc(C(=O)O)s1. The predicted octanol–water partition coefficient (Wildman–Crippen LogP) is 5.64. The Labute approximate surface area is 196 Å². The van der Waals surface area contributed by atoms with Crippen molar-refractivity contribution in [3.63, 3.8) is 0 Å². The Kier molecular flexibility index (Phi) is 8.40. The van der Waals surface area contributed by atoms with E-state index in [4.69, 9.17) is 5.11 Å². The van der Waals surface area contributed by atoms with E-state index >= 15 is 0 Å². The van der Waals surface area contributed by atoms with E-state index in [1.165, 1.54) is 22.3 Å². The number of aryl methyl sites for hydroxylation is 1. The lowest BCUT2D eigenvalue weighted by molar-refractivity contribution is -0.148. The van der Waals surface area contributed by atoms with Crippen LogP contribution in [0.1, 0.15) is 52.7 Å². The fourth-order valence-electron chi connectivity index (χ4n) is 3.71. The van der Waals surface area contributed by atoms with Gasteiger partial charge in [0.2, 0.25) is 0 Å². The molecule has 1 aromatic carbocycles. The summed E-state index contributed by atoms with van der Waals surface area (Å²) < 4.78 is 28.2. The molecule has 1 aromatic heterocycles. The first-order valence-corrected chi connectivity index (χ1v) is 11.8. The van der Waals surface area contributed by atoms with Crippen LogP contribution in [0, 0.1) is 17.8 Å². The zero-order valence-corrected chi connectivity index (χ0v) is 19.3. The largest absolute Gasteiger partial charge is 0.477 e. The monoisotopic (exact) mass is 471 g/mol. The highest BCUT2D eigenvalue weighted by molar-refractivity contribution is 7.13. The molecule has 1 aliphatic rings. The number of rotatable bonds is 9. The van der Waals surface area contributed by atoms with Crippen LogP contribution < -0.4 is 0 Å². The van der Waals surface area contributed by atoms with Gasteiger partial charge in [0, 0.05) is 29.8 Å². The third-order valence-corrected chi connectivity index (χ3v) is 6.62. The maximum absolute atomic E-state index is 14.1. The molecule has 3 rings (SSSR count). The molecule has 2 unspecified atom stereocenters. The summed E-state index contributed by atoms with van der Waals surface area (Å²) in [5, 5.41) is 9.00. The molecule has 0 aliphatic carbocycles. The molecule has 2 atom stereocenters. The second-order valence-electron chi connectivity index (χ2n) is 8.29. The number of thiophene rings is 1. The number of carbonyl (C=O) groups excluding carboxylic acids is 1. The Bertz CT molecular complexity index is 1050. The molecule has 4 nitrogen and oxygen atoms in total. The zero-order valence-electron chi connectivity index (χ0n) is 18.5. The number of alkyl halides is 2. The van der Waals surface area contributed by atoms with Gasteiger partial charge in [-0.15, -0.1) is 11.3 Å². The first-order chi connectivity index (χ1) is 15.8. The summed E-state index contributed by atoms with van der Waals surface area (Å²) in [5.74, 6) is 1.09. The van der Waals surface area contributed by atoms with Crippen molar-refractivity contribution < 1.29 is 23.5 Å². The van der Waals surface area contributed by atoms with Crippen molar-refractivity contribution in [3.8, 4) is 11.8 Å². The van der Waals surface area contributed by atoms with Gasteiger partial charge in [0.1, 0.15) is 4.88 Å². The van der Waals surface area contributed by atoms with Crippen molar-refractivity contribution in [1.82, 2.24) is 4.90 Å². The third kappa shape index (κ3) is 7.00. The van der Waals surface area contributed by atoms with Crippen molar-refractivity contribution in [2.45, 2.75) is 51.0 Å². The molecule has 0 saturated carbocycles. The van der Waals surface area contributed by atoms with Crippen molar-refractivity contribution in [2.24, 2.45) is 5.92 Å². The zero-order chi connectivity index (χ0) is 23.8. The molecule has 2 aromatic rings. The smallest absolute Gasteiger partial charge is 0.345 e. The molecule has 1 fully saturated rings. The first-order valence-electron chi connectivity index (χ1n) is 11.0. The predicted molar refractivity (Wildman–Crippen MR) is 126 cm³/mol. The summed E-state index contributed by atoms with van der Waals surface area (Å²) >= 11 is 1.17. The molecule has 1 saturated heterocycles. The summed E-state index contributed by atoms with van der Waals surface area (Å²) in [6.07, 6.45) is 5.51. The molecule has 0 spiro atoms. The number of aromatic carboxylic acids is 1. The standard InChI is InChI=1S/C26H27F2NO3S/c1-19(8-5-12-20-10-3-2-4-11-20)9-6-13-21-18-26(27,28)25(32)29(21)17-7-14-22-15-16-23(33-22)24(30)31/h2-4,6,10-11,13,15-16,19,21H,7-9,14,17-18H2,1H3,(H,30,31)/b13-6+. The van der Waals surface area contributed by atoms with Gasteiger partial charge < -0.3 is 10.0 Å². The Balaban J connectivity index is 1.51. The van der Waals surface area contributed by atoms with E-state index in [1.54, 1.807) is 12.1 Å². The van der Waals surface area contributed by atoms with E-state index in [0.717, 1.165) is 10.4 Å². The normalized spacial score (nSPS) is 18.3. The highest BCUT2D eigenvalue weighted by Crippen LogP contribution is 2.34. The van der Waals surface area contributed by atoms with E-state index in [-0.39, 0.29) is 17.3 Å². The second kappa shape index (κ2) is 11.2. The van der Waals surface area contributed by atoms with Crippen LogP contribution in [0.2, 0.25) is 0 Å². The average molecular weight is 472 g/mol. The number of carboxylic acids is 1. The van der Waals surface area contributed by atoms with Gasteiger partial charge in [-0.2, -0.15) is 8.78 Å². The van der Waals surface area contributed by atoms with Crippen molar-refractivity contribution in [3.05, 3.63) is 69.9 Å². The summed E-state index contributed by atoms with van der Waals surface area (Å²) in [5.41, 5.74) is 0.962. The molecule has 0 bridgehead atoms. The van der Waals surface area contributed by atoms with Crippen LogP contribution in [0.15, 0.2) is 54.6 Å². The molecule has 0 radical (unpaired) electrons. The van der Waals surface area contributed by atoms with Gasteiger partial charge >= 0.3 is 11.9 Å². The maximum Gasteiger partial charge on any atom is 0.345 e.